The molecule has 0 bridgehead atoms. The van der Waals surface area contributed by atoms with E-state index in [9.17, 15) is 9.59 Å². The predicted molar refractivity (Wildman–Crippen MR) is 135 cm³/mol. The van der Waals surface area contributed by atoms with E-state index in [0.717, 1.165) is 27.1 Å². The van der Waals surface area contributed by atoms with Crippen molar-refractivity contribution in [1.29, 1.82) is 0 Å². The van der Waals surface area contributed by atoms with Gasteiger partial charge >= 0.3 is 5.97 Å². The minimum absolute atomic E-state index is 0.295. The van der Waals surface area contributed by atoms with E-state index in [4.69, 9.17) is 4.74 Å². The molecule has 0 aliphatic rings. The number of methoxy groups -OCH3 is 1. The van der Waals surface area contributed by atoms with Crippen LogP contribution in [0.15, 0.2) is 91.0 Å². The smallest absolute Gasteiger partial charge is 0.341 e. The first-order valence-corrected chi connectivity index (χ1v) is 11.3. The Balaban J connectivity index is 1.78. The average Bonchev–Trinajstić information content (AvgIpc) is 3.19. The van der Waals surface area contributed by atoms with E-state index in [-0.39, 0.29) is 5.91 Å². The third-order valence-corrected chi connectivity index (χ3v) is 6.22. The third-order valence-electron chi connectivity index (χ3n) is 5.20. The molecule has 4 rings (SSSR count). The van der Waals surface area contributed by atoms with Crippen molar-refractivity contribution in [3.63, 3.8) is 0 Å². The van der Waals surface area contributed by atoms with Crippen LogP contribution in [-0.4, -0.2) is 19.0 Å². The first-order valence-electron chi connectivity index (χ1n) is 10.5. The van der Waals surface area contributed by atoms with Crippen LogP contribution in [0.4, 0.5) is 5.00 Å². The van der Waals surface area contributed by atoms with Crippen molar-refractivity contribution in [2.75, 3.05) is 12.4 Å². The molecule has 1 aromatic heterocycles. The Morgan fingerprint density at radius 3 is 2.03 bits per heavy atom. The Bertz CT molecular complexity index is 1290. The highest BCUT2D eigenvalue weighted by Crippen LogP contribution is 2.40. The maximum atomic E-state index is 13.5. The molecular weight excluding hydrogens is 430 g/mol. The Hall–Kier alpha value is -3.96. The molecule has 5 heteroatoms. The summed E-state index contributed by atoms with van der Waals surface area (Å²) in [5, 5.41) is 3.46. The first kappa shape index (κ1) is 22.2. The number of aryl methyl sites for hydroxylation is 1. The molecular formula is C28H23NO3S. The molecule has 1 heterocycles. The van der Waals surface area contributed by atoms with Gasteiger partial charge in [-0.3, -0.25) is 4.79 Å². The zero-order chi connectivity index (χ0) is 23.2. The van der Waals surface area contributed by atoms with Crippen LogP contribution in [0, 0.1) is 6.92 Å². The van der Waals surface area contributed by atoms with E-state index >= 15 is 0 Å². The van der Waals surface area contributed by atoms with E-state index < -0.39 is 5.97 Å². The number of ether oxygens (including phenoxy) is 1. The van der Waals surface area contributed by atoms with Crippen LogP contribution < -0.4 is 5.32 Å². The maximum Gasteiger partial charge on any atom is 0.341 e. The Kier molecular flexibility index (Phi) is 6.81. The Morgan fingerprint density at radius 2 is 1.42 bits per heavy atom. The van der Waals surface area contributed by atoms with Crippen LogP contribution in [0.25, 0.3) is 22.8 Å². The molecule has 0 saturated carbocycles. The van der Waals surface area contributed by atoms with Crippen LogP contribution >= 0.6 is 11.3 Å². The average molecular weight is 454 g/mol. The number of amides is 1. The lowest BCUT2D eigenvalue weighted by molar-refractivity contribution is -0.111. The lowest BCUT2D eigenvalue weighted by Gasteiger charge is -2.11. The second-order valence-electron chi connectivity index (χ2n) is 7.38. The number of benzene rings is 3. The quantitative estimate of drug-likeness (QED) is 0.201. The number of rotatable bonds is 6. The van der Waals surface area contributed by atoms with Gasteiger partial charge in [0.25, 0.3) is 5.91 Å². The fourth-order valence-electron chi connectivity index (χ4n) is 3.67. The highest BCUT2D eigenvalue weighted by atomic mass is 32.1. The molecule has 0 radical (unpaired) electrons. The molecule has 3 aromatic carbocycles. The van der Waals surface area contributed by atoms with Crippen molar-refractivity contribution >= 4 is 39.9 Å². The van der Waals surface area contributed by atoms with Crippen LogP contribution in [-0.2, 0) is 9.53 Å². The van der Waals surface area contributed by atoms with Crippen LogP contribution in [0.5, 0.6) is 0 Å². The molecule has 4 aromatic rings. The highest BCUT2D eigenvalue weighted by Gasteiger charge is 2.26. The summed E-state index contributed by atoms with van der Waals surface area (Å²) in [7, 11) is 1.35. The lowest BCUT2D eigenvalue weighted by Crippen LogP contribution is -2.15. The molecule has 0 atom stereocenters. The second-order valence-corrected chi connectivity index (χ2v) is 8.61. The van der Waals surface area contributed by atoms with Gasteiger partial charge in [0.2, 0.25) is 0 Å². The summed E-state index contributed by atoms with van der Waals surface area (Å²) < 4.78 is 5.08. The standard InChI is InChI=1S/C28H23NO3S/c1-19-24(22-16-10-5-11-17-22)25(28(31)32-2)27(33-19)29-26(30)23(21-14-8-4-9-15-21)18-20-12-6-3-7-13-20/h3-18H,1-2H3,(H,29,30). The van der Waals surface area contributed by atoms with Crippen molar-refractivity contribution < 1.29 is 14.3 Å². The number of anilines is 1. The summed E-state index contributed by atoms with van der Waals surface area (Å²) in [5.74, 6) is -0.780. The van der Waals surface area contributed by atoms with Crippen LogP contribution in [0.1, 0.15) is 26.4 Å². The van der Waals surface area contributed by atoms with Crippen molar-refractivity contribution in [3.8, 4) is 11.1 Å². The van der Waals surface area contributed by atoms with E-state index in [1.54, 1.807) is 0 Å². The van der Waals surface area contributed by atoms with Crippen molar-refractivity contribution in [3.05, 3.63) is 113 Å². The summed E-state index contributed by atoms with van der Waals surface area (Å²) in [5.41, 5.74) is 4.24. The van der Waals surface area contributed by atoms with Crippen LogP contribution in [0.3, 0.4) is 0 Å². The normalized spacial score (nSPS) is 11.2. The number of carbonyl (C=O) groups is 2. The van der Waals surface area contributed by atoms with Gasteiger partial charge in [-0.05, 0) is 29.7 Å². The minimum Gasteiger partial charge on any atom is -0.465 e. The van der Waals surface area contributed by atoms with Gasteiger partial charge in [-0.2, -0.15) is 0 Å². The van der Waals surface area contributed by atoms with Gasteiger partial charge in [-0.15, -0.1) is 11.3 Å². The van der Waals surface area contributed by atoms with Gasteiger partial charge in [0.05, 0.1) is 7.11 Å². The SMILES string of the molecule is COC(=O)c1c(NC(=O)C(=Cc2ccccc2)c2ccccc2)sc(C)c1-c1ccccc1. The highest BCUT2D eigenvalue weighted by molar-refractivity contribution is 7.17. The van der Waals surface area contributed by atoms with E-state index in [1.165, 1.54) is 18.4 Å². The zero-order valence-corrected chi connectivity index (χ0v) is 19.2. The van der Waals surface area contributed by atoms with Gasteiger partial charge in [0.15, 0.2) is 0 Å². The van der Waals surface area contributed by atoms with E-state index in [0.29, 0.717) is 16.1 Å². The number of carbonyl (C=O) groups excluding carboxylic acids is 2. The molecule has 1 N–H and O–H groups in total. The van der Waals surface area contributed by atoms with Gasteiger partial charge in [-0.1, -0.05) is 91.0 Å². The monoisotopic (exact) mass is 453 g/mol. The molecule has 0 unspecified atom stereocenters. The Labute approximate surface area is 197 Å². The summed E-state index contributed by atoms with van der Waals surface area (Å²) >= 11 is 1.37. The number of hydrogen-bond acceptors (Lipinski definition) is 4. The van der Waals surface area contributed by atoms with Gasteiger partial charge in [0.1, 0.15) is 10.6 Å². The van der Waals surface area contributed by atoms with Crippen molar-refractivity contribution in [2.45, 2.75) is 6.92 Å². The number of hydrogen-bond donors (Lipinski definition) is 1. The van der Waals surface area contributed by atoms with Crippen molar-refractivity contribution in [2.24, 2.45) is 0 Å². The van der Waals surface area contributed by atoms with Crippen molar-refractivity contribution in [1.82, 2.24) is 0 Å². The lowest BCUT2D eigenvalue weighted by atomic mass is 10.0. The molecule has 0 aliphatic heterocycles. The molecule has 33 heavy (non-hydrogen) atoms. The van der Waals surface area contributed by atoms with Gasteiger partial charge in [-0.25, -0.2) is 4.79 Å². The largest absolute Gasteiger partial charge is 0.465 e. The fourth-order valence-corrected chi connectivity index (χ4v) is 4.73. The summed E-state index contributed by atoms with van der Waals surface area (Å²) in [6.45, 7) is 1.94. The number of thiophene rings is 1. The van der Waals surface area contributed by atoms with Crippen LogP contribution in [0.2, 0.25) is 0 Å². The minimum atomic E-state index is -0.484. The predicted octanol–water partition coefficient (Wildman–Crippen LogP) is 6.69. The van der Waals surface area contributed by atoms with E-state index in [1.807, 2.05) is 104 Å². The third kappa shape index (κ3) is 4.94. The molecule has 1 amide bonds. The second kappa shape index (κ2) is 10.1. The summed E-state index contributed by atoms with van der Waals surface area (Å²) in [4.78, 5) is 27.2. The molecule has 0 fully saturated rings. The topological polar surface area (TPSA) is 55.4 Å². The number of esters is 1. The summed E-state index contributed by atoms with van der Waals surface area (Å²) in [6, 6.07) is 28.8. The molecule has 0 aliphatic carbocycles. The molecule has 164 valence electrons. The molecule has 0 saturated heterocycles. The molecule has 4 nitrogen and oxygen atoms in total. The maximum absolute atomic E-state index is 13.5. The fraction of sp³-hybridized carbons (Fsp3) is 0.0714. The first-order chi connectivity index (χ1) is 16.1. The molecule has 0 spiro atoms. The number of nitrogens with one attached hydrogen (secondary N) is 1. The van der Waals surface area contributed by atoms with Gasteiger partial charge < -0.3 is 10.1 Å². The summed E-state index contributed by atoms with van der Waals surface area (Å²) in [6.07, 6.45) is 1.85. The Morgan fingerprint density at radius 1 is 0.848 bits per heavy atom. The zero-order valence-electron chi connectivity index (χ0n) is 18.4. The van der Waals surface area contributed by atoms with Gasteiger partial charge in [0, 0.05) is 16.0 Å². The van der Waals surface area contributed by atoms with E-state index in [2.05, 4.69) is 5.32 Å².